The molecule has 2 fully saturated rings. The first-order valence-electron chi connectivity index (χ1n) is 19.5. The highest BCUT2D eigenvalue weighted by molar-refractivity contribution is 7.92. The molecule has 2 aliphatic heterocycles. The van der Waals surface area contributed by atoms with E-state index in [-0.39, 0.29) is 40.8 Å². The monoisotopic (exact) mass is 915 g/mol. The normalized spacial score (nSPS) is 26.6. The van der Waals surface area contributed by atoms with E-state index in [1.54, 1.807) is 12.1 Å². The number of aliphatic hydroxyl groups excluding tert-OH is 7. The van der Waals surface area contributed by atoms with Crippen molar-refractivity contribution in [3.63, 3.8) is 0 Å². The number of hydrogen-bond donors (Lipinski definition) is 12. The zero-order valence-corrected chi connectivity index (χ0v) is 34.3. The van der Waals surface area contributed by atoms with E-state index in [1.807, 2.05) is 0 Å². The highest BCUT2D eigenvalue weighted by atomic mass is 32.2. The maximum atomic E-state index is 14.0. The Bertz CT molecular complexity index is 2580. The van der Waals surface area contributed by atoms with Crippen LogP contribution in [0.3, 0.4) is 0 Å². The number of nitrogens with zero attached hydrogens (tertiary/aromatic N) is 1. The Morgan fingerprint density at radius 1 is 0.812 bits per heavy atom. The molecule has 5 aromatic rings. The number of hydrogen-bond acceptors (Lipinski definition) is 21. The number of aliphatic hydroxyl groups is 7. The molecule has 22 nitrogen and oxygen atoms in total. The molecule has 1 unspecified atom stereocenters. The molecule has 2 aliphatic rings. The Morgan fingerprint density at radius 2 is 1.53 bits per heavy atom. The van der Waals surface area contributed by atoms with Gasteiger partial charge in [-0.25, -0.2) is 13.4 Å². The van der Waals surface area contributed by atoms with Crippen molar-refractivity contribution in [1.29, 1.82) is 0 Å². The molecular formula is C41H45N3O19S. The maximum Gasteiger partial charge on any atom is 0.263 e. The fourth-order valence-corrected chi connectivity index (χ4v) is 7.82. The molecule has 64 heavy (non-hydrogen) atoms. The minimum atomic E-state index is -3.91. The molecule has 0 bridgehead atoms. The van der Waals surface area contributed by atoms with E-state index in [2.05, 4.69) is 15.0 Å². The second-order valence-corrected chi connectivity index (χ2v) is 16.6. The van der Waals surface area contributed by atoms with E-state index >= 15 is 0 Å². The topological polar surface area (TPSA) is 350 Å². The summed E-state index contributed by atoms with van der Waals surface area (Å²) in [5.74, 6) is -2.89. The van der Waals surface area contributed by atoms with Crippen molar-refractivity contribution in [2.24, 2.45) is 0 Å². The van der Waals surface area contributed by atoms with Crippen LogP contribution >= 0.6 is 0 Å². The quantitative estimate of drug-likeness (QED) is 0.0639. The third-order valence-corrected chi connectivity index (χ3v) is 11.7. The molecule has 11 atom stereocenters. The minimum absolute atomic E-state index is 0.0224. The van der Waals surface area contributed by atoms with Gasteiger partial charge in [0.1, 0.15) is 83.7 Å². The van der Waals surface area contributed by atoms with Crippen molar-refractivity contribution >= 4 is 32.5 Å². The molecule has 0 saturated carbocycles. The van der Waals surface area contributed by atoms with Crippen LogP contribution in [0, 0.1) is 0 Å². The van der Waals surface area contributed by atoms with Gasteiger partial charge in [-0.2, -0.15) is 0 Å². The van der Waals surface area contributed by atoms with Crippen molar-refractivity contribution < 1.29 is 87.6 Å². The van der Waals surface area contributed by atoms with Gasteiger partial charge in [0, 0.05) is 36.1 Å². The van der Waals surface area contributed by atoms with Gasteiger partial charge in [-0.1, -0.05) is 6.07 Å². The fourth-order valence-electron chi connectivity index (χ4n) is 6.81. The highest BCUT2D eigenvalue weighted by Gasteiger charge is 2.48. The number of ether oxygens (including phenoxy) is 5. The third-order valence-electron chi connectivity index (χ3n) is 10.3. The molecule has 4 heterocycles. The predicted octanol–water partition coefficient (Wildman–Crippen LogP) is -0.345. The lowest BCUT2D eigenvalue weighted by Gasteiger charge is -2.42. The molecule has 23 heteroatoms. The van der Waals surface area contributed by atoms with Crippen LogP contribution in [-0.2, 0) is 24.2 Å². The van der Waals surface area contributed by atoms with Crippen LogP contribution in [0.2, 0.25) is 0 Å². The molecule has 7 rings (SSSR count). The van der Waals surface area contributed by atoms with Crippen LogP contribution in [0.4, 0.5) is 11.5 Å². The van der Waals surface area contributed by atoms with Crippen LogP contribution in [0.25, 0.3) is 22.3 Å². The predicted molar refractivity (Wildman–Crippen MR) is 220 cm³/mol. The molecule has 0 spiro atoms. The van der Waals surface area contributed by atoms with Crippen molar-refractivity contribution in [1.82, 2.24) is 4.98 Å². The number of phenolic OH excluding ortho intramolecular Hbond substituents is 3. The van der Waals surface area contributed by atoms with Crippen LogP contribution < -0.4 is 24.9 Å². The first kappa shape index (κ1) is 46.2. The van der Waals surface area contributed by atoms with Gasteiger partial charge in [0.05, 0.1) is 17.6 Å². The lowest BCUT2D eigenvalue weighted by atomic mass is 9.98. The number of nitrogens with one attached hydrogen (secondary N) is 2. The standard InChI is InChI=1S/C41H45N3O19S/c1-18-31(49)34(52)36(54)40(60-18)59-17-28-32(50)35(53)37(55)41(62-28)63-39-33(51)30-25(48)13-21(45)14-27(30)61-38(39)19-5-10-26(24(47)12-19)58-16-22(46)15-43-20-6-8-23(9-7-20)64(56,57)44-29-4-2-3-11-42-29/h2-14,18,22,28,31-32,34-37,40-41,43,45-50,52-55H,15-17H2,1H3,(H,42,44)/t18-,22?,28+,31-,32+,34+,35-,36+,37+,40+,41-/m0/s1. The van der Waals surface area contributed by atoms with Gasteiger partial charge < -0.3 is 84.5 Å². The van der Waals surface area contributed by atoms with Gasteiger partial charge in [0.25, 0.3) is 10.0 Å². The van der Waals surface area contributed by atoms with Crippen LogP contribution in [-0.4, -0.2) is 152 Å². The van der Waals surface area contributed by atoms with E-state index in [1.165, 1.54) is 55.6 Å². The number of anilines is 2. The molecule has 0 radical (unpaired) electrons. The van der Waals surface area contributed by atoms with Crippen LogP contribution in [0.15, 0.2) is 93.1 Å². The summed E-state index contributed by atoms with van der Waals surface area (Å²) in [6, 6.07) is 16.0. The van der Waals surface area contributed by atoms with Crippen molar-refractivity contribution in [3.8, 4) is 40.1 Å². The van der Waals surface area contributed by atoms with E-state index in [9.17, 15) is 64.3 Å². The fraction of sp³-hybridized carbons (Fsp3) is 0.366. The Balaban J connectivity index is 1.05. The molecule has 3 aromatic carbocycles. The van der Waals surface area contributed by atoms with Gasteiger partial charge in [0.15, 0.2) is 23.5 Å². The minimum Gasteiger partial charge on any atom is -0.508 e. The third kappa shape index (κ3) is 9.94. The number of fused-ring (bicyclic) bond motifs is 1. The Morgan fingerprint density at radius 3 is 2.23 bits per heavy atom. The summed E-state index contributed by atoms with van der Waals surface area (Å²) in [4.78, 5) is 17.9. The van der Waals surface area contributed by atoms with Gasteiger partial charge in [-0.05, 0) is 61.5 Å². The van der Waals surface area contributed by atoms with Crippen LogP contribution in [0.1, 0.15) is 6.92 Å². The SMILES string of the molecule is C[C@@H]1O[C@@H](OC[C@H]2O[C@@H](Oc3c(-c4ccc(OCC(O)CNc5ccc(S(=O)(=O)Nc6ccccn6)cc5)c(O)c4)oc4cc(O)cc(O)c4c3=O)[C@H](O)[C@@H](O)[C@@H]2O)[C@H](O)[C@H](O)[C@H]1O. The first-order chi connectivity index (χ1) is 30.4. The summed E-state index contributed by atoms with van der Waals surface area (Å²) in [6.45, 7) is 0.361. The second kappa shape index (κ2) is 19.1. The molecule has 0 aliphatic carbocycles. The lowest BCUT2D eigenvalue weighted by molar-refractivity contribution is -0.318. The number of aromatic hydroxyl groups is 3. The zero-order valence-electron chi connectivity index (χ0n) is 33.5. The van der Waals surface area contributed by atoms with E-state index in [0.29, 0.717) is 5.69 Å². The van der Waals surface area contributed by atoms with E-state index in [4.69, 9.17) is 28.1 Å². The van der Waals surface area contributed by atoms with Gasteiger partial charge in [0.2, 0.25) is 17.5 Å². The van der Waals surface area contributed by atoms with Crippen molar-refractivity contribution in [3.05, 3.63) is 89.2 Å². The average molecular weight is 916 g/mol. The number of rotatable bonds is 15. The Hall–Kier alpha value is -5.83. The summed E-state index contributed by atoms with van der Waals surface area (Å²) < 4.78 is 61.8. The van der Waals surface area contributed by atoms with Gasteiger partial charge in [-0.15, -0.1) is 0 Å². The summed E-state index contributed by atoms with van der Waals surface area (Å²) in [5, 5.41) is 108. The van der Waals surface area contributed by atoms with E-state index < -0.39 is 124 Å². The number of benzene rings is 3. The largest absolute Gasteiger partial charge is 0.508 e. The Labute approximate surface area is 362 Å². The summed E-state index contributed by atoms with van der Waals surface area (Å²) in [6.07, 6.45) is -16.3. The molecule has 2 aromatic heterocycles. The summed E-state index contributed by atoms with van der Waals surface area (Å²) in [5.41, 5.74) is -0.983. The van der Waals surface area contributed by atoms with E-state index in [0.717, 1.165) is 18.2 Å². The first-order valence-corrected chi connectivity index (χ1v) is 21.0. The molecule has 0 amide bonds. The molecular weight excluding hydrogens is 871 g/mol. The summed E-state index contributed by atoms with van der Waals surface area (Å²) in [7, 11) is -3.91. The average Bonchev–Trinajstić information content (AvgIpc) is 3.26. The number of pyridine rings is 1. The van der Waals surface area contributed by atoms with Crippen LogP contribution in [0.5, 0.6) is 28.7 Å². The highest BCUT2D eigenvalue weighted by Crippen LogP contribution is 2.40. The van der Waals surface area contributed by atoms with Gasteiger partial charge in [-0.3, -0.25) is 9.52 Å². The number of phenols is 3. The maximum absolute atomic E-state index is 14.0. The zero-order chi connectivity index (χ0) is 46.0. The number of aromatic nitrogens is 1. The smallest absolute Gasteiger partial charge is 0.263 e. The Kier molecular flexibility index (Phi) is 13.8. The number of sulfonamides is 1. The lowest BCUT2D eigenvalue weighted by Crippen LogP contribution is -2.61. The second-order valence-electron chi connectivity index (χ2n) is 14.9. The van der Waals surface area contributed by atoms with Crippen molar-refractivity contribution in [2.75, 3.05) is 29.8 Å². The molecule has 12 N–H and O–H groups in total. The molecule has 2 saturated heterocycles. The molecule has 344 valence electrons. The summed E-state index contributed by atoms with van der Waals surface area (Å²) >= 11 is 0. The van der Waals surface area contributed by atoms with Crippen molar-refractivity contribution in [2.45, 2.75) is 79.3 Å². The van der Waals surface area contributed by atoms with Gasteiger partial charge >= 0.3 is 0 Å².